The Balaban J connectivity index is 2.30. The molecule has 0 amide bonds. The summed E-state index contributed by atoms with van der Waals surface area (Å²) in [5.41, 5.74) is 2.26. The molecule has 80 valence electrons. The Kier molecular flexibility index (Phi) is 1.91. The van der Waals surface area contributed by atoms with E-state index < -0.39 is 6.29 Å². The first kappa shape index (κ1) is 9.30. The summed E-state index contributed by atoms with van der Waals surface area (Å²) in [6.07, 6.45) is 0.628. The van der Waals surface area contributed by atoms with E-state index in [-0.39, 0.29) is 0 Å². The van der Waals surface area contributed by atoms with Crippen LogP contribution in [0.25, 0.3) is 11.3 Å². The second kappa shape index (κ2) is 3.28. The number of ether oxygens (including phenoxy) is 1. The van der Waals surface area contributed by atoms with Crippen LogP contribution < -0.4 is 4.74 Å². The van der Waals surface area contributed by atoms with Crippen molar-refractivity contribution in [2.75, 3.05) is 0 Å². The molecule has 1 N–H and O–H groups in total. The van der Waals surface area contributed by atoms with E-state index in [1.807, 2.05) is 31.2 Å². The quantitative estimate of drug-likeness (QED) is 0.727. The summed E-state index contributed by atoms with van der Waals surface area (Å²) in [6, 6.07) is 7.52. The van der Waals surface area contributed by atoms with E-state index in [4.69, 9.17) is 4.74 Å². The van der Waals surface area contributed by atoms with Crippen molar-refractivity contribution in [3.8, 4) is 17.0 Å². The Hall–Kier alpha value is -1.94. The number of para-hydroxylation sites is 1. The maximum absolute atomic E-state index is 9.80. The molecule has 0 saturated carbocycles. The summed E-state index contributed by atoms with van der Waals surface area (Å²) in [6.45, 7) is 1.82. The summed E-state index contributed by atoms with van der Waals surface area (Å²) in [5.74, 6) is 1.34. The van der Waals surface area contributed by atoms with Gasteiger partial charge in [0.05, 0.1) is 11.3 Å². The van der Waals surface area contributed by atoms with Gasteiger partial charge < -0.3 is 9.84 Å². The summed E-state index contributed by atoms with van der Waals surface area (Å²) in [7, 11) is 0. The van der Waals surface area contributed by atoms with Crippen molar-refractivity contribution in [3.63, 3.8) is 0 Å². The average Bonchev–Trinajstić information content (AvgIpc) is 2.29. The van der Waals surface area contributed by atoms with Crippen LogP contribution in [-0.4, -0.2) is 15.1 Å². The van der Waals surface area contributed by atoms with E-state index in [0.717, 1.165) is 11.3 Å². The summed E-state index contributed by atoms with van der Waals surface area (Å²) < 4.78 is 5.37. The first-order valence-electron chi connectivity index (χ1n) is 5.03. The van der Waals surface area contributed by atoms with Crippen molar-refractivity contribution in [3.05, 3.63) is 41.9 Å². The lowest BCUT2D eigenvalue weighted by Gasteiger charge is -2.23. The maximum Gasteiger partial charge on any atom is 0.227 e. The van der Waals surface area contributed by atoms with Gasteiger partial charge in [0, 0.05) is 11.8 Å². The highest BCUT2D eigenvalue weighted by Crippen LogP contribution is 2.39. The van der Waals surface area contributed by atoms with E-state index in [1.54, 1.807) is 6.20 Å². The monoisotopic (exact) mass is 214 g/mol. The molecule has 0 bridgehead atoms. The Morgan fingerprint density at radius 2 is 2.12 bits per heavy atom. The van der Waals surface area contributed by atoms with Gasteiger partial charge in [-0.1, -0.05) is 12.1 Å². The Morgan fingerprint density at radius 1 is 1.31 bits per heavy atom. The fourth-order valence-corrected chi connectivity index (χ4v) is 1.82. The molecule has 1 atom stereocenters. The van der Waals surface area contributed by atoms with Gasteiger partial charge in [0.1, 0.15) is 11.6 Å². The normalized spacial score (nSPS) is 17.2. The first-order chi connectivity index (χ1) is 7.75. The molecule has 3 rings (SSSR count). The van der Waals surface area contributed by atoms with Crippen LogP contribution in [0.2, 0.25) is 0 Å². The lowest BCUT2D eigenvalue weighted by atomic mass is 10.0. The smallest absolute Gasteiger partial charge is 0.227 e. The molecule has 0 fully saturated rings. The highest BCUT2D eigenvalue weighted by molar-refractivity contribution is 5.71. The average molecular weight is 214 g/mol. The number of nitrogens with zero attached hydrogens (tertiary/aromatic N) is 2. The summed E-state index contributed by atoms with van der Waals surface area (Å²) in [5, 5.41) is 9.80. The number of fused-ring (bicyclic) bond motifs is 3. The zero-order chi connectivity index (χ0) is 11.1. The minimum absolute atomic E-state index is 0.615. The number of aliphatic hydroxyl groups is 1. The van der Waals surface area contributed by atoms with Gasteiger partial charge in [0.25, 0.3) is 0 Å². The zero-order valence-corrected chi connectivity index (χ0v) is 8.71. The topological polar surface area (TPSA) is 55.2 Å². The molecule has 4 nitrogen and oxygen atoms in total. The minimum Gasteiger partial charge on any atom is -0.460 e. The Labute approximate surface area is 92.6 Å². The van der Waals surface area contributed by atoms with Gasteiger partial charge in [-0.05, 0) is 19.1 Å². The van der Waals surface area contributed by atoms with Crippen molar-refractivity contribution < 1.29 is 9.84 Å². The molecule has 1 aromatic carbocycles. The molecule has 1 aliphatic heterocycles. The largest absolute Gasteiger partial charge is 0.460 e. The lowest BCUT2D eigenvalue weighted by Crippen LogP contribution is -2.15. The number of aryl methyl sites for hydroxylation is 1. The van der Waals surface area contributed by atoms with Gasteiger partial charge in [-0.3, -0.25) is 0 Å². The lowest BCUT2D eigenvalue weighted by molar-refractivity contribution is -0.0219. The standard InChI is InChI=1S/C12H10N2O2/c1-7-13-6-9-11(14-7)8-4-2-3-5-10(8)16-12(9)15/h2-6,12,15H,1H3/t12-/m0/s1. The van der Waals surface area contributed by atoms with Gasteiger partial charge in [-0.15, -0.1) is 0 Å². The number of hydrogen-bond donors (Lipinski definition) is 1. The summed E-state index contributed by atoms with van der Waals surface area (Å²) in [4.78, 5) is 8.42. The molecule has 1 aliphatic rings. The molecule has 0 unspecified atom stereocenters. The summed E-state index contributed by atoms with van der Waals surface area (Å²) >= 11 is 0. The number of benzene rings is 1. The van der Waals surface area contributed by atoms with E-state index in [1.165, 1.54) is 0 Å². The van der Waals surface area contributed by atoms with Crippen LogP contribution >= 0.6 is 0 Å². The van der Waals surface area contributed by atoms with Gasteiger partial charge >= 0.3 is 0 Å². The molecule has 16 heavy (non-hydrogen) atoms. The van der Waals surface area contributed by atoms with Gasteiger partial charge in [0.2, 0.25) is 6.29 Å². The molecule has 0 radical (unpaired) electrons. The van der Waals surface area contributed by atoms with Crippen LogP contribution in [0.5, 0.6) is 5.75 Å². The molecular formula is C12H10N2O2. The number of hydrogen-bond acceptors (Lipinski definition) is 4. The maximum atomic E-state index is 9.80. The fraction of sp³-hybridized carbons (Fsp3) is 0.167. The number of aromatic nitrogens is 2. The predicted octanol–water partition coefficient (Wildman–Crippen LogP) is 1.84. The van der Waals surface area contributed by atoms with Crippen LogP contribution in [0.4, 0.5) is 0 Å². The Bertz CT molecular complexity index is 554. The van der Waals surface area contributed by atoms with Crippen molar-refractivity contribution in [2.45, 2.75) is 13.2 Å². The van der Waals surface area contributed by atoms with Crippen molar-refractivity contribution in [1.29, 1.82) is 0 Å². The van der Waals surface area contributed by atoms with Gasteiger partial charge in [0.15, 0.2) is 0 Å². The third kappa shape index (κ3) is 1.27. The van der Waals surface area contributed by atoms with Crippen LogP contribution in [0.3, 0.4) is 0 Å². The van der Waals surface area contributed by atoms with Crippen molar-refractivity contribution >= 4 is 0 Å². The highest BCUT2D eigenvalue weighted by atomic mass is 16.6. The van der Waals surface area contributed by atoms with Crippen molar-refractivity contribution in [1.82, 2.24) is 9.97 Å². The van der Waals surface area contributed by atoms with Crippen LogP contribution in [-0.2, 0) is 0 Å². The molecule has 2 heterocycles. The fourth-order valence-electron chi connectivity index (χ4n) is 1.82. The minimum atomic E-state index is -0.981. The predicted molar refractivity (Wildman–Crippen MR) is 57.8 cm³/mol. The van der Waals surface area contributed by atoms with Crippen LogP contribution in [0.15, 0.2) is 30.5 Å². The zero-order valence-electron chi connectivity index (χ0n) is 8.71. The van der Waals surface area contributed by atoms with E-state index in [2.05, 4.69) is 9.97 Å². The SMILES string of the molecule is Cc1ncc2c(n1)-c1ccccc1O[C@@H]2O. The third-order valence-corrected chi connectivity index (χ3v) is 2.58. The molecular weight excluding hydrogens is 204 g/mol. The van der Waals surface area contributed by atoms with Gasteiger partial charge in [-0.2, -0.15) is 0 Å². The van der Waals surface area contributed by atoms with Crippen LogP contribution in [0.1, 0.15) is 17.7 Å². The third-order valence-electron chi connectivity index (χ3n) is 2.58. The van der Waals surface area contributed by atoms with E-state index in [9.17, 15) is 5.11 Å². The Morgan fingerprint density at radius 3 is 3.00 bits per heavy atom. The van der Waals surface area contributed by atoms with Gasteiger partial charge in [-0.25, -0.2) is 9.97 Å². The second-order valence-electron chi connectivity index (χ2n) is 3.69. The number of aliphatic hydroxyl groups excluding tert-OH is 1. The highest BCUT2D eigenvalue weighted by Gasteiger charge is 2.25. The van der Waals surface area contributed by atoms with E-state index >= 15 is 0 Å². The molecule has 1 aromatic heterocycles. The van der Waals surface area contributed by atoms with E-state index in [0.29, 0.717) is 17.1 Å². The second-order valence-corrected chi connectivity index (χ2v) is 3.69. The first-order valence-corrected chi connectivity index (χ1v) is 5.03. The molecule has 2 aromatic rings. The van der Waals surface area contributed by atoms with Crippen molar-refractivity contribution in [2.24, 2.45) is 0 Å². The molecule has 0 spiro atoms. The molecule has 4 heteroatoms. The number of rotatable bonds is 0. The molecule has 0 saturated heterocycles. The molecule has 0 aliphatic carbocycles. The van der Waals surface area contributed by atoms with Crippen LogP contribution in [0, 0.1) is 6.92 Å².